The summed E-state index contributed by atoms with van der Waals surface area (Å²) in [5.41, 5.74) is 0.0343. The van der Waals surface area contributed by atoms with E-state index < -0.39 is 0 Å². The molecule has 0 bridgehead atoms. The van der Waals surface area contributed by atoms with Crippen molar-refractivity contribution in [1.29, 1.82) is 0 Å². The van der Waals surface area contributed by atoms with Crippen molar-refractivity contribution < 1.29 is 4.74 Å². The molecule has 3 heteroatoms. The normalized spacial score (nSPS) is 33.4. The minimum atomic E-state index is 0.0343. The van der Waals surface area contributed by atoms with Crippen LogP contribution in [-0.4, -0.2) is 42.9 Å². The molecule has 2 aliphatic heterocycles. The largest absolute Gasteiger partial charge is 0.356 e. The Morgan fingerprint density at radius 1 is 1.33 bits per heavy atom. The zero-order valence-electron chi connectivity index (χ0n) is 10.3. The maximum atomic E-state index is 6.03. The molecule has 1 N–H and O–H groups in total. The van der Waals surface area contributed by atoms with Gasteiger partial charge < -0.3 is 9.64 Å². The Morgan fingerprint density at radius 2 is 2.00 bits per heavy atom. The maximum absolute atomic E-state index is 6.03. The second-order valence-electron chi connectivity index (χ2n) is 5.45. The van der Waals surface area contributed by atoms with Crippen molar-refractivity contribution in [2.75, 3.05) is 26.2 Å². The van der Waals surface area contributed by atoms with Gasteiger partial charge in [0.05, 0.1) is 5.60 Å². The topological polar surface area (TPSA) is 24.5 Å². The molecule has 1 unspecified atom stereocenters. The number of ether oxygens (including phenoxy) is 1. The predicted octanol–water partition coefficient (Wildman–Crippen LogP) is 1.44. The summed E-state index contributed by atoms with van der Waals surface area (Å²) in [4.78, 5) is 2.52. The highest BCUT2D eigenvalue weighted by Gasteiger charge is 2.36. The molecule has 0 aliphatic carbocycles. The smallest absolute Gasteiger partial charge is 0.111 e. The Hall–Kier alpha value is -0.120. The SMILES string of the molecule is CCN1CCC(C2NCC(C)(C)O2)CC1. The first-order valence-electron chi connectivity index (χ1n) is 6.24. The predicted molar refractivity (Wildman–Crippen MR) is 61.8 cm³/mol. The lowest BCUT2D eigenvalue weighted by Gasteiger charge is -2.34. The monoisotopic (exact) mass is 212 g/mol. The van der Waals surface area contributed by atoms with Gasteiger partial charge in [0.25, 0.3) is 0 Å². The Kier molecular flexibility index (Phi) is 3.33. The van der Waals surface area contributed by atoms with Crippen LogP contribution in [0.1, 0.15) is 33.6 Å². The molecule has 2 fully saturated rings. The lowest BCUT2D eigenvalue weighted by Crippen LogP contribution is -2.41. The fraction of sp³-hybridized carbons (Fsp3) is 1.00. The number of likely N-dealkylation sites (tertiary alicyclic amines) is 1. The van der Waals surface area contributed by atoms with Crippen LogP contribution in [0, 0.1) is 5.92 Å². The molecule has 88 valence electrons. The summed E-state index contributed by atoms with van der Waals surface area (Å²) >= 11 is 0. The van der Waals surface area contributed by atoms with Crippen LogP contribution in [0.5, 0.6) is 0 Å². The van der Waals surface area contributed by atoms with Crippen molar-refractivity contribution in [3.8, 4) is 0 Å². The number of hydrogen-bond acceptors (Lipinski definition) is 3. The van der Waals surface area contributed by atoms with E-state index in [0.717, 1.165) is 12.5 Å². The minimum absolute atomic E-state index is 0.0343. The summed E-state index contributed by atoms with van der Waals surface area (Å²) in [7, 11) is 0. The van der Waals surface area contributed by atoms with Crippen molar-refractivity contribution in [3.05, 3.63) is 0 Å². The van der Waals surface area contributed by atoms with Crippen LogP contribution in [0.15, 0.2) is 0 Å². The van der Waals surface area contributed by atoms with Crippen molar-refractivity contribution in [2.45, 2.75) is 45.4 Å². The van der Waals surface area contributed by atoms with Crippen LogP contribution in [0.25, 0.3) is 0 Å². The molecule has 0 spiro atoms. The molecule has 0 aromatic carbocycles. The van der Waals surface area contributed by atoms with Gasteiger partial charge in [-0.1, -0.05) is 6.92 Å². The molecule has 0 radical (unpaired) electrons. The summed E-state index contributed by atoms with van der Waals surface area (Å²) in [6.45, 7) is 11.2. The first kappa shape index (κ1) is 11.4. The molecule has 0 aromatic heterocycles. The molecule has 1 atom stereocenters. The average molecular weight is 212 g/mol. The van der Waals surface area contributed by atoms with Crippen LogP contribution >= 0.6 is 0 Å². The molecule has 2 heterocycles. The van der Waals surface area contributed by atoms with Crippen LogP contribution in [0.3, 0.4) is 0 Å². The first-order chi connectivity index (χ1) is 7.11. The van der Waals surface area contributed by atoms with E-state index in [1.165, 1.54) is 32.5 Å². The third-order valence-corrected chi connectivity index (χ3v) is 3.68. The fourth-order valence-electron chi connectivity index (χ4n) is 2.61. The Bertz CT molecular complexity index is 210. The van der Waals surface area contributed by atoms with E-state index in [-0.39, 0.29) is 5.60 Å². The van der Waals surface area contributed by atoms with Crippen molar-refractivity contribution >= 4 is 0 Å². The van der Waals surface area contributed by atoms with E-state index in [4.69, 9.17) is 4.74 Å². The van der Waals surface area contributed by atoms with Crippen molar-refractivity contribution in [1.82, 2.24) is 10.2 Å². The number of piperidine rings is 1. The molecule has 2 rings (SSSR count). The second kappa shape index (κ2) is 4.40. The van der Waals surface area contributed by atoms with Gasteiger partial charge in [-0.05, 0) is 46.3 Å². The fourth-order valence-corrected chi connectivity index (χ4v) is 2.61. The molecule has 15 heavy (non-hydrogen) atoms. The summed E-state index contributed by atoms with van der Waals surface area (Å²) in [5.74, 6) is 0.717. The Balaban J connectivity index is 1.81. The van der Waals surface area contributed by atoms with Crippen LogP contribution < -0.4 is 5.32 Å². The van der Waals surface area contributed by atoms with Crippen LogP contribution in [0.2, 0.25) is 0 Å². The molecule has 3 nitrogen and oxygen atoms in total. The van der Waals surface area contributed by atoms with Gasteiger partial charge in [-0.15, -0.1) is 0 Å². The third kappa shape index (κ3) is 2.71. The van der Waals surface area contributed by atoms with E-state index in [9.17, 15) is 0 Å². The van der Waals surface area contributed by atoms with E-state index in [1.807, 2.05) is 0 Å². The number of hydrogen-bond donors (Lipinski definition) is 1. The quantitative estimate of drug-likeness (QED) is 0.749. The summed E-state index contributed by atoms with van der Waals surface area (Å²) in [6.07, 6.45) is 2.86. The van der Waals surface area contributed by atoms with E-state index >= 15 is 0 Å². The minimum Gasteiger partial charge on any atom is -0.356 e. The van der Waals surface area contributed by atoms with Gasteiger partial charge in [0.15, 0.2) is 0 Å². The molecule has 2 aliphatic rings. The summed E-state index contributed by atoms with van der Waals surface area (Å²) in [5, 5.41) is 3.51. The van der Waals surface area contributed by atoms with Gasteiger partial charge in [0, 0.05) is 12.5 Å². The average Bonchev–Trinajstić information content (AvgIpc) is 2.59. The van der Waals surface area contributed by atoms with Crippen molar-refractivity contribution in [2.24, 2.45) is 5.92 Å². The van der Waals surface area contributed by atoms with Gasteiger partial charge >= 0.3 is 0 Å². The van der Waals surface area contributed by atoms with Gasteiger partial charge in [-0.3, -0.25) is 5.32 Å². The third-order valence-electron chi connectivity index (χ3n) is 3.68. The maximum Gasteiger partial charge on any atom is 0.111 e. The number of rotatable bonds is 2. The van der Waals surface area contributed by atoms with Gasteiger partial charge in [0.1, 0.15) is 6.23 Å². The summed E-state index contributed by atoms with van der Waals surface area (Å²) < 4.78 is 6.03. The van der Waals surface area contributed by atoms with Crippen LogP contribution in [-0.2, 0) is 4.74 Å². The molecule has 0 aromatic rings. The molecular formula is C12H24N2O. The lowest BCUT2D eigenvalue weighted by molar-refractivity contribution is -0.0540. The highest BCUT2D eigenvalue weighted by molar-refractivity contribution is 4.86. The second-order valence-corrected chi connectivity index (χ2v) is 5.45. The van der Waals surface area contributed by atoms with Crippen molar-refractivity contribution in [3.63, 3.8) is 0 Å². The Labute approximate surface area is 93.2 Å². The van der Waals surface area contributed by atoms with E-state index in [0.29, 0.717) is 6.23 Å². The highest BCUT2D eigenvalue weighted by Crippen LogP contribution is 2.28. The highest BCUT2D eigenvalue weighted by atomic mass is 16.5. The van der Waals surface area contributed by atoms with Crippen LogP contribution in [0.4, 0.5) is 0 Å². The standard InChI is InChI=1S/C12H24N2O/c1-4-14-7-5-10(6-8-14)11-13-9-12(2,3)15-11/h10-11,13H,4-9H2,1-3H3. The Morgan fingerprint density at radius 3 is 2.47 bits per heavy atom. The van der Waals surface area contributed by atoms with E-state index in [1.54, 1.807) is 0 Å². The zero-order chi connectivity index (χ0) is 10.9. The summed E-state index contributed by atoms with van der Waals surface area (Å²) in [6, 6.07) is 0. The molecule has 0 saturated carbocycles. The molecule has 2 saturated heterocycles. The van der Waals surface area contributed by atoms with Gasteiger partial charge in [0.2, 0.25) is 0 Å². The van der Waals surface area contributed by atoms with E-state index in [2.05, 4.69) is 31.0 Å². The number of nitrogens with zero attached hydrogens (tertiary/aromatic N) is 1. The first-order valence-corrected chi connectivity index (χ1v) is 6.24. The van der Waals surface area contributed by atoms with Gasteiger partial charge in [-0.25, -0.2) is 0 Å². The lowest BCUT2D eigenvalue weighted by atomic mass is 9.95. The number of nitrogens with one attached hydrogen (secondary N) is 1. The zero-order valence-corrected chi connectivity index (χ0v) is 10.3. The van der Waals surface area contributed by atoms with Gasteiger partial charge in [-0.2, -0.15) is 0 Å². The molecule has 0 amide bonds. The molecular weight excluding hydrogens is 188 g/mol.